The first kappa shape index (κ1) is 27.0. The molecule has 1 saturated heterocycles. The van der Waals surface area contributed by atoms with Crippen LogP contribution in [-0.4, -0.2) is 89.7 Å². The molecule has 0 aromatic heterocycles. The highest BCUT2D eigenvalue weighted by Crippen LogP contribution is 2.42. The summed E-state index contributed by atoms with van der Waals surface area (Å²) < 4.78 is -0.872. The van der Waals surface area contributed by atoms with E-state index in [9.17, 15) is 29.1 Å². The number of rotatable bonds is 12. The van der Waals surface area contributed by atoms with E-state index in [1.807, 2.05) is 0 Å². The molecule has 0 bridgehead atoms. The van der Waals surface area contributed by atoms with Gasteiger partial charge in [-0.2, -0.15) is 0 Å². The Morgan fingerprint density at radius 3 is 2.39 bits per heavy atom. The molecule has 2 heterocycles. The number of carboxylic acids is 3. The van der Waals surface area contributed by atoms with Crippen LogP contribution in [0.3, 0.4) is 0 Å². The van der Waals surface area contributed by atoms with E-state index in [-0.39, 0.29) is 30.7 Å². The summed E-state index contributed by atoms with van der Waals surface area (Å²) in [5.41, 5.74) is 11.4. The monoisotopic (exact) mass is 504 g/mol. The second-order valence-electron chi connectivity index (χ2n) is 8.26. The minimum atomic E-state index is -1.28. The largest absolute Gasteiger partial charge is 0.480 e. The molecule has 12 nitrogen and oxygen atoms in total. The van der Waals surface area contributed by atoms with Gasteiger partial charge in [0.25, 0.3) is 5.91 Å². The summed E-state index contributed by atoms with van der Waals surface area (Å²) in [6.45, 7) is 3.31. The molecule has 14 heteroatoms. The summed E-state index contributed by atoms with van der Waals surface area (Å²) in [4.78, 5) is 59.8. The Morgan fingerprint density at radius 2 is 1.85 bits per heavy atom. The number of hydrogen-bond acceptors (Lipinski definition) is 9. The third kappa shape index (κ3) is 6.19. The van der Waals surface area contributed by atoms with Crippen LogP contribution in [0.1, 0.15) is 33.1 Å². The van der Waals surface area contributed by atoms with Gasteiger partial charge in [-0.15, -0.1) is 23.5 Å². The summed E-state index contributed by atoms with van der Waals surface area (Å²) in [6, 6.07) is -3.10. The molecule has 184 valence electrons. The molecule has 4 atom stereocenters. The highest BCUT2D eigenvalue weighted by Gasteiger charge is 2.54. The number of carboxylic acid groups (broad SMARTS) is 3. The lowest BCUT2D eigenvalue weighted by molar-refractivity contribution is -0.150. The van der Waals surface area contributed by atoms with Crippen molar-refractivity contribution >= 4 is 53.2 Å². The number of carbonyl (C=O) groups excluding carboxylic acids is 2. The van der Waals surface area contributed by atoms with Crippen molar-refractivity contribution < 1.29 is 39.3 Å². The van der Waals surface area contributed by atoms with Crippen LogP contribution in [0.25, 0.3) is 0 Å². The van der Waals surface area contributed by atoms with Crippen LogP contribution in [0.5, 0.6) is 0 Å². The van der Waals surface area contributed by atoms with Crippen molar-refractivity contribution in [3.05, 3.63) is 11.3 Å². The van der Waals surface area contributed by atoms with Gasteiger partial charge in [-0.1, -0.05) is 0 Å². The topological polar surface area (TPSA) is 213 Å². The highest BCUT2D eigenvalue weighted by atomic mass is 32.2. The molecule has 0 radical (unpaired) electrons. The fourth-order valence-corrected chi connectivity index (χ4v) is 5.85. The van der Waals surface area contributed by atoms with Crippen molar-refractivity contribution in [1.29, 1.82) is 0 Å². The summed E-state index contributed by atoms with van der Waals surface area (Å²) in [5, 5.41) is 29.7. The number of nitrogens with two attached hydrogens (primary N) is 2. The second kappa shape index (κ2) is 10.8. The molecular weight excluding hydrogens is 476 g/mol. The number of nitrogens with one attached hydrogen (secondary N) is 1. The van der Waals surface area contributed by atoms with Crippen LogP contribution < -0.4 is 16.8 Å². The summed E-state index contributed by atoms with van der Waals surface area (Å²) in [7, 11) is 0. The number of carbonyl (C=O) groups is 5. The van der Waals surface area contributed by atoms with E-state index >= 15 is 0 Å². The van der Waals surface area contributed by atoms with Gasteiger partial charge < -0.3 is 32.1 Å². The Morgan fingerprint density at radius 1 is 1.21 bits per heavy atom. The Balaban J connectivity index is 2.02. The molecule has 8 N–H and O–H groups in total. The zero-order valence-electron chi connectivity index (χ0n) is 18.1. The Labute approximate surface area is 198 Å². The maximum absolute atomic E-state index is 12.7. The van der Waals surface area contributed by atoms with E-state index in [1.165, 1.54) is 23.5 Å². The van der Waals surface area contributed by atoms with Gasteiger partial charge in [0.15, 0.2) is 0 Å². The molecule has 0 aliphatic carbocycles. The van der Waals surface area contributed by atoms with Gasteiger partial charge in [0, 0.05) is 22.7 Å². The lowest BCUT2D eigenvalue weighted by Gasteiger charge is -2.49. The predicted octanol–water partition coefficient (Wildman–Crippen LogP) is -0.769. The fourth-order valence-electron chi connectivity index (χ4n) is 3.31. The van der Waals surface area contributed by atoms with Crippen LogP contribution in [0, 0.1) is 0 Å². The molecule has 2 aliphatic rings. The number of amides is 2. The molecule has 0 unspecified atom stereocenters. The van der Waals surface area contributed by atoms with Gasteiger partial charge in [-0.3, -0.25) is 24.1 Å². The standard InChI is InChI=1S/C19H28N4O8S2/c1-19(2,13(21)18(30)31)33-7-8-6-32-15-11(14(25)23(15)12(8)17(28)29)22-10(24)5-3-4-9(20)16(26)27/h9,11,13,15H,3-7,20-21H2,1-2H3,(H,22,24)(H,26,27)(H,28,29)(H,30,31)/t9-,11+,13+,15+/m0/s1. The first-order chi connectivity index (χ1) is 15.3. The first-order valence-electron chi connectivity index (χ1n) is 10.1. The average Bonchev–Trinajstić information content (AvgIpc) is 2.74. The van der Waals surface area contributed by atoms with Crippen molar-refractivity contribution in [3.63, 3.8) is 0 Å². The van der Waals surface area contributed by atoms with Gasteiger partial charge in [0.05, 0.1) is 0 Å². The van der Waals surface area contributed by atoms with Crippen molar-refractivity contribution in [2.75, 3.05) is 11.5 Å². The normalized spacial score (nSPS) is 22.2. The molecule has 0 aromatic rings. The molecule has 2 aliphatic heterocycles. The van der Waals surface area contributed by atoms with E-state index in [4.69, 9.17) is 21.7 Å². The maximum atomic E-state index is 12.7. The van der Waals surface area contributed by atoms with Crippen LogP contribution in [0.15, 0.2) is 11.3 Å². The minimum Gasteiger partial charge on any atom is -0.480 e. The molecule has 33 heavy (non-hydrogen) atoms. The number of nitrogens with zero attached hydrogens (tertiary/aromatic N) is 1. The van der Waals surface area contributed by atoms with Crippen molar-refractivity contribution in [1.82, 2.24) is 10.2 Å². The van der Waals surface area contributed by atoms with Gasteiger partial charge in [0.2, 0.25) is 5.91 Å². The van der Waals surface area contributed by atoms with Gasteiger partial charge >= 0.3 is 17.9 Å². The smallest absolute Gasteiger partial charge is 0.352 e. The van der Waals surface area contributed by atoms with Crippen LogP contribution in [-0.2, 0) is 24.0 Å². The van der Waals surface area contributed by atoms with Crippen molar-refractivity contribution in [2.24, 2.45) is 11.5 Å². The lowest BCUT2D eigenvalue weighted by atomic mass is 10.0. The SMILES string of the molecule is CC(C)(SCC1=C(C(=O)O)N2C(=O)[C@@H](NC(=O)CCC[C@H](N)C(=O)O)[C@H]2SC1)[C@H](N)C(=O)O. The molecule has 2 rings (SSSR count). The van der Waals surface area contributed by atoms with E-state index in [0.29, 0.717) is 11.3 Å². The van der Waals surface area contributed by atoms with E-state index in [1.54, 1.807) is 13.8 Å². The number of thioether (sulfide) groups is 2. The third-order valence-corrected chi connectivity index (χ3v) is 8.27. The van der Waals surface area contributed by atoms with E-state index in [2.05, 4.69) is 5.32 Å². The van der Waals surface area contributed by atoms with Gasteiger partial charge in [-0.05, 0) is 32.3 Å². The summed E-state index contributed by atoms with van der Waals surface area (Å²) >= 11 is 2.50. The zero-order chi connectivity index (χ0) is 25.1. The third-order valence-electron chi connectivity index (χ3n) is 5.44. The minimum absolute atomic E-state index is 0.00935. The van der Waals surface area contributed by atoms with Crippen molar-refractivity contribution in [2.45, 2.75) is 61.4 Å². The quantitative estimate of drug-likeness (QED) is 0.181. The van der Waals surface area contributed by atoms with Gasteiger partial charge in [-0.25, -0.2) is 4.79 Å². The van der Waals surface area contributed by atoms with Crippen molar-refractivity contribution in [3.8, 4) is 0 Å². The molecule has 0 saturated carbocycles. The number of β-lactam (4-membered cyclic amide) rings is 1. The fraction of sp³-hybridized carbons (Fsp3) is 0.632. The van der Waals surface area contributed by atoms with Crippen LogP contribution in [0.4, 0.5) is 0 Å². The number of aliphatic carboxylic acids is 3. The summed E-state index contributed by atoms with van der Waals surface area (Å²) in [5.74, 6) is -4.13. The zero-order valence-corrected chi connectivity index (χ0v) is 19.8. The second-order valence-corrected chi connectivity index (χ2v) is 11.0. The number of hydrogen-bond donors (Lipinski definition) is 6. The highest BCUT2D eigenvalue weighted by molar-refractivity contribution is 8.01. The first-order valence-corrected chi connectivity index (χ1v) is 12.1. The maximum Gasteiger partial charge on any atom is 0.352 e. The van der Waals surface area contributed by atoms with Crippen LogP contribution in [0.2, 0.25) is 0 Å². The Bertz CT molecular complexity index is 878. The molecule has 2 amide bonds. The van der Waals surface area contributed by atoms with Crippen LogP contribution >= 0.6 is 23.5 Å². The Hall–Kier alpha value is -2.29. The molecule has 1 fully saturated rings. The predicted molar refractivity (Wildman–Crippen MR) is 121 cm³/mol. The average molecular weight is 505 g/mol. The molecular formula is C19H28N4O8S2. The van der Waals surface area contributed by atoms with E-state index < -0.39 is 58.0 Å². The number of fused-ring (bicyclic) bond motifs is 1. The van der Waals surface area contributed by atoms with E-state index in [0.717, 1.165) is 4.90 Å². The summed E-state index contributed by atoms with van der Waals surface area (Å²) in [6.07, 6.45) is 0.336. The Kier molecular flexibility index (Phi) is 8.79. The van der Waals surface area contributed by atoms with Gasteiger partial charge in [0.1, 0.15) is 29.2 Å². The molecule has 0 spiro atoms. The molecule has 0 aromatic carbocycles. The lowest BCUT2D eigenvalue weighted by Crippen LogP contribution is -2.70.